The molecule has 2 aromatic rings. The zero-order valence-corrected chi connectivity index (χ0v) is 11.2. The molecule has 0 amide bonds. The Morgan fingerprint density at radius 3 is 2.00 bits per heavy atom. The van der Waals surface area contributed by atoms with Gasteiger partial charge in [0.1, 0.15) is 0 Å². The quantitative estimate of drug-likeness (QED) is 0.898. The van der Waals surface area contributed by atoms with Crippen LogP contribution in [0.15, 0.2) is 24.3 Å². The molecular weight excluding hydrogens is 222 g/mol. The smallest absolute Gasteiger partial charge is 0.159 e. The van der Waals surface area contributed by atoms with Crippen molar-refractivity contribution in [3.63, 3.8) is 0 Å². The van der Waals surface area contributed by atoms with Crippen LogP contribution in [0.1, 0.15) is 22.5 Å². The third kappa shape index (κ3) is 2.57. The summed E-state index contributed by atoms with van der Waals surface area (Å²) in [7, 11) is 0. The molecule has 3 heteroatoms. The van der Waals surface area contributed by atoms with Crippen molar-refractivity contribution < 1.29 is 0 Å². The van der Waals surface area contributed by atoms with Crippen LogP contribution >= 0.6 is 0 Å². The molecule has 0 bridgehead atoms. The Morgan fingerprint density at radius 1 is 0.944 bits per heavy atom. The van der Waals surface area contributed by atoms with Crippen molar-refractivity contribution in [2.24, 2.45) is 5.73 Å². The third-order valence-corrected chi connectivity index (χ3v) is 3.28. The molecule has 0 aliphatic heterocycles. The second-order valence-electron chi connectivity index (χ2n) is 4.58. The van der Waals surface area contributed by atoms with Gasteiger partial charge in [0.15, 0.2) is 5.82 Å². The summed E-state index contributed by atoms with van der Waals surface area (Å²) in [5.74, 6) is 0.801. The molecule has 0 atom stereocenters. The first-order valence-corrected chi connectivity index (χ1v) is 6.23. The van der Waals surface area contributed by atoms with Gasteiger partial charge >= 0.3 is 0 Å². The van der Waals surface area contributed by atoms with Gasteiger partial charge in [-0.3, -0.25) is 0 Å². The van der Waals surface area contributed by atoms with Crippen molar-refractivity contribution in [1.82, 2.24) is 9.97 Å². The largest absolute Gasteiger partial charge is 0.330 e. The van der Waals surface area contributed by atoms with E-state index in [1.54, 1.807) is 0 Å². The van der Waals surface area contributed by atoms with Crippen molar-refractivity contribution in [3.05, 3.63) is 46.8 Å². The highest BCUT2D eigenvalue weighted by atomic mass is 14.9. The number of benzene rings is 1. The number of aryl methyl sites for hydroxylation is 2. The number of hydrogen-bond acceptors (Lipinski definition) is 3. The molecule has 0 radical (unpaired) electrons. The van der Waals surface area contributed by atoms with Gasteiger partial charge in [0.2, 0.25) is 0 Å². The lowest BCUT2D eigenvalue weighted by atomic mass is 10.1. The molecule has 1 aromatic carbocycles. The van der Waals surface area contributed by atoms with E-state index in [4.69, 9.17) is 5.73 Å². The van der Waals surface area contributed by atoms with Gasteiger partial charge < -0.3 is 5.73 Å². The topological polar surface area (TPSA) is 51.8 Å². The van der Waals surface area contributed by atoms with E-state index in [-0.39, 0.29) is 0 Å². The molecule has 0 aliphatic carbocycles. The van der Waals surface area contributed by atoms with Gasteiger partial charge in [0, 0.05) is 17.0 Å². The molecule has 3 nitrogen and oxygen atoms in total. The van der Waals surface area contributed by atoms with Crippen LogP contribution in [0, 0.1) is 20.8 Å². The zero-order chi connectivity index (χ0) is 13.1. The highest BCUT2D eigenvalue weighted by molar-refractivity contribution is 5.56. The number of aromatic nitrogens is 2. The van der Waals surface area contributed by atoms with Crippen LogP contribution in [0.4, 0.5) is 0 Å². The van der Waals surface area contributed by atoms with Gasteiger partial charge in [-0.1, -0.05) is 24.3 Å². The van der Waals surface area contributed by atoms with E-state index in [1.807, 2.05) is 13.8 Å². The molecule has 18 heavy (non-hydrogen) atoms. The molecule has 0 aliphatic rings. The van der Waals surface area contributed by atoms with E-state index < -0.39 is 0 Å². The van der Waals surface area contributed by atoms with E-state index in [2.05, 4.69) is 41.2 Å². The van der Waals surface area contributed by atoms with Gasteiger partial charge in [-0.05, 0) is 44.9 Å². The fourth-order valence-electron chi connectivity index (χ4n) is 1.89. The minimum absolute atomic E-state index is 0.679. The first-order valence-electron chi connectivity index (χ1n) is 6.23. The Kier molecular flexibility index (Phi) is 3.72. The molecule has 0 spiro atoms. The number of nitrogens with two attached hydrogens (primary N) is 1. The molecule has 0 unspecified atom stereocenters. The van der Waals surface area contributed by atoms with Crippen LogP contribution < -0.4 is 5.73 Å². The maximum absolute atomic E-state index is 5.54. The Hall–Kier alpha value is -1.74. The number of nitrogens with zero attached hydrogens (tertiary/aromatic N) is 2. The van der Waals surface area contributed by atoms with E-state index in [1.165, 1.54) is 11.1 Å². The summed E-state index contributed by atoms with van der Waals surface area (Å²) < 4.78 is 0. The standard InChI is InChI=1S/C15H19N3/c1-10-11(2)17-15(18-12(10)3)14-6-4-13(5-7-14)8-9-16/h4-7H,8-9,16H2,1-3H3. The summed E-state index contributed by atoms with van der Waals surface area (Å²) in [5, 5.41) is 0. The van der Waals surface area contributed by atoms with Crippen molar-refractivity contribution in [2.75, 3.05) is 6.54 Å². The summed E-state index contributed by atoms with van der Waals surface area (Å²) in [6.45, 7) is 6.78. The molecule has 2 N–H and O–H groups in total. The van der Waals surface area contributed by atoms with Crippen molar-refractivity contribution in [1.29, 1.82) is 0 Å². The SMILES string of the molecule is Cc1nc(-c2ccc(CCN)cc2)nc(C)c1C. The summed E-state index contributed by atoms with van der Waals surface area (Å²) >= 11 is 0. The Balaban J connectivity index is 2.36. The minimum Gasteiger partial charge on any atom is -0.330 e. The molecule has 0 saturated carbocycles. The first-order chi connectivity index (χ1) is 8.61. The zero-order valence-electron chi connectivity index (χ0n) is 11.2. The van der Waals surface area contributed by atoms with Crippen LogP contribution in [0.5, 0.6) is 0 Å². The Bertz CT molecular complexity index is 521. The maximum atomic E-state index is 5.54. The maximum Gasteiger partial charge on any atom is 0.159 e. The predicted octanol–water partition coefficient (Wildman–Crippen LogP) is 2.57. The molecular formula is C15H19N3. The van der Waals surface area contributed by atoms with E-state index >= 15 is 0 Å². The molecule has 94 valence electrons. The van der Waals surface area contributed by atoms with Gasteiger partial charge in [-0.15, -0.1) is 0 Å². The predicted molar refractivity (Wildman–Crippen MR) is 74.4 cm³/mol. The van der Waals surface area contributed by atoms with Crippen LogP contribution in [-0.4, -0.2) is 16.5 Å². The van der Waals surface area contributed by atoms with Gasteiger partial charge in [0.25, 0.3) is 0 Å². The molecule has 1 heterocycles. The summed E-state index contributed by atoms with van der Waals surface area (Å²) in [5.41, 5.74) is 11.1. The highest BCUT2D eigenvalue weighted by Gasteiger charge is 2.06. The number of rotatable bonds is 3. The molecule has 1 aromatic heterocycles. The Morgan fingerprint density at radius 2 is 1.50 bits per heavy atom. The van der Waals surface area contributed by atoms with Gasteiger partial charge in [-0.25, -0.2) is 9.97 Å². The fraction of sp³-hybridized carbons (Fsp3) is 0.333. The third-order valence-electron chi connectivity index (χ3n) is 3.28. The lowest BCUT2D eigenvalue weighted by Gasteiger charge is -2.07. The van der Waals surface area contributed by atoms with Crippen LogP contribution in [0.2, 0.25) is 0 Å². The first kappa shape index (κ1) is 12.7. The average Bonchev–Trinajstić information content (AvgIpc) is 2.37. The van der Waals surface area contributed by atoms with E-state index in [9.17, 15) is 0 Å². The normalized spacial score (nSPS) is 10.7. The lowest BCUT2D eigenvalue weighted by Crippen LogP contribution is -2.02. The summed E-state index contributed by atoms with van der Waals surface area (Å²) in [6.07, 6.45) is 0.910. The highest BCUT2D eigenvalue weighted by Crippen LogP contribution is 2.18. The second kappa shape index (κ2) is 5.27. The van der Waals surface area contributed by atoms with Crippen LogP contribution in [0.3, 0.4) is 0 Å². The van der Waals surface area contributed by atoms with E-state index in [0.717, 1.165) is 29.2 Å². The van der Waals surface area contributed by atoms with Gasteiger partial charge in [0.05, 0.1) is 0 Å². The molecule has 2 rings (SSSR count). The molecule has 0 fully saturated rings. The summed E-state index contributed by atoms with van der Waals surface area (Å²) in [6, 6.07) is 8.31. The second-order valence-corrected chi connectivity index (χ2v) is 4.58. The van der Waals surface area contributed by atoms with Crippen LogP contribution in [0.25, 0.3) is 11.4 Å². The van der Waals surface area contributed by atoms with Crippen molar-refractivity contribution in [2.45, 2.75) is 27.2 Å². The van der Waals surface area contributed by atoms with Gasteiger partial charge in [-0.2, -0.15) is 0 Å². The lowest BCUT2D eigenvalue weighted by molar-refractivity contribution is 0.968. The average molecular weight is 241 g/mol. The molecule has 0 saturated heterocycles. The van der Waals surface area contributed by atoms with E-state index in [0.29, 0.717) is 6.54 Å². The van der Waals surface area contributed by atoms with Crippen molar-refractivity contribution >= 4 is 0 Å². The summed E-state index contributed by atoms with van der Waals surface area (Å²) in [4.78, 5) is 9.09. The van der Waals surface area contributed by atoms with Crippen molar-refractivity contribution in [3.8, 4) is 11.4 Å². The minimum atomic E-state index is 0.679. The monoisotopic (exact) mass is 241 g/mol. The fourth-order valence-corrected chi connectivity index (χ4v) is 1.89. The Labute approximate surface area is 108 Å². The van der Waals surface area contributed by atoms with Crippen LogP contribution in [-0.2, 0) is 6.42 Å². The number of hydrogen-bond donors (Lipinski definition) is 1.